The van der Waals surface area contributed by atoms with Crippen LogP contribution in [0, 0.1) is 10.8 Å². The van der Waals surface area contributed by atoms with Crippen LogP contribution in [0.3, 0.4) is 0 Å². The molecule has 2 saturated heterocycles. The maximum absolute atomic E-state index is 12.7. The number of ether oxygens (including phenoxy) is 2. The molecule has 1 aliphatic carbocycles. The van der Waals surface area contributed by atoms with Crippen LogP contribution >= 0.6 is 0 Å². The van der Waals surface area contributed by atoms with E-state index in [0.717, 1.165) is 48.3 Å². The van der Waals surface area contributed by atoms with Gasteiger partial charge in [0.25, 0.3) is 0 Å². The Morgan fingerprint density at radius 1 is 0.860 bits per heavy atom. The highest BCUT2D eigenvalue weighted by Crippen LogP contribution is 2.53. The summed E-state index contributed by atoms with van der Waals surface area (Å²) >= 11 is 0. The summed E-state index contributed by atoms with van der Waals surface area (Å²) in [6.07, 6.45) is 6.77. The minimum atomic E-state index is -0.537. The number of nitrogens with two attached hydrogens (primary N) is 1. The van der Waals surface area contributed by atoms with Gasteiger partial charge in [0.2, 0.25) is 11.8 Å². The van der Waals surface area contributed by atoms with Crippen LogP contribution in [-0.2, 0) is 25.7 Å². The van der Waals surface area contributed by atoms with Gasteiger partial charge < -0.3 is 30.9 Å². The van der Waals surface area contributed by atoms with Crippen molar-refractivity contribution in [2.45, 2.75) is 110 Å². The van der Waals surface area contributed by atoms with Crippen LogP contribution in [0.5, 0.6) is 0 Å². The van der Waals surface area contributed by atoms with Gasteiger partial charge in [-0.2, -0.15) is 0 Å². The lowest BCUT2D eigenvalue weighted by Crippen LogP contribution is -2.42. The molecule has 2 bridgehead atoms. The number of amides is 2. The predicted molar refractivity (Wildman–Crippen MR) is 197 cm³/mol. The molecule has 1 saturated carbocycles. The second-order valence-electron chi connectivity index (χ2n) is 15.9. The van der Waals surface area contributed by atoms with E-state index in [2.05, 4.69) is 48.4 Å². The number of hydrogen-bond donors (Lipinski definition) is 4. The zero-order chi connectivity index (χ0) is 35.3. The average molecular weight is 683 g/mol. The van der Waals surface area contributed by atoms with Gasteiger partial charge in [-0.3, -0.25) is 14.5 Å². The van der Waals surface area contributed by atoms with Gasteiger partial charge in [0.1, 0.15) is 0 Å². The summed E-state index contributed by atoms with van der Waals surface area (Å²) in [6, 6.07) is 23.6. The highest BCUT2D eigenvalue weighted by atomic mass is 16.7. The first-order chi connectivity index (χ1) is 24.0. The number of carbonyl (C=O) groups excluding carboxylic acids is 2. The third-order valence-corrected chi connectivity index (χ3v) is 10.6. The number of benzene rings is 3. The fraction of sp³-hybridized carbons (Fsp3) is 0.512. The zero-order valence-corrected chi connectivity index (χ0v) is 29.8. The van der Waals surface area contributed by atoms with Crippen molar-refractivity contribution in [3.05, 3.63) is 89.5 Å². The Balaban J connectivity index is 1.02. The van der Waals surface area contributed by atoms with Gasteiger partial charge in [0.15, 0.2) is 6.29 Å². The van der Waals surface area contributed by atoms with E-state index in [0.29, 0.717) is 53.9 Å². The molecule has 5 atom stereocenters. The number of aliphatic hydroxyl groups excluding tert-OH is 1. The van der Waals surface area contributed by atoms with E-state index in [4.69, 9.17) is 15.2 Å². The largest absolute Gasteiger partial charge is 0.397 e. The molecule has 0 radical (unpaired) electrons. The van der Waals surface area contributed by atoms with E-state index in [1.807, 2.05) is 48.5 Å². The third kappa shape index (κ3) is 9.31. The number of rotatable bonds is 13. The molecule has 2 heterocycles. The molecule has 50 heavy (non-hydrogen) atoms. The summed E-state index contributed by atoms with van der Waals surface area (Å²) in [5.74, 6) is -0.129. The summed E-state index contributed by atoms with van der Waals surface area (Å²) < 4.78 is 13.3. The number of hydrogen-bond acceptors (Lipinski definition) is 7. The van der Waals surface area contributed by atoms with E-state index >= 15 is 0 Å². The molecule has 0 spiro atoms. The van der Waals surface area contributed by atoms with E-state index in [9.17, 15) is 14.7 Å². The SMILES string of the molecule is CC1(C)CC2CC(C)(CN2C[C@@H]2C[C@H](c3ccc(CO)cc3)O[C@H](c3ccc(NC(=O)CCCCCC(=O)Nc4ccccc4N)cc3)O2)C1. The van der Waals surface area contributed by atoms with Crippen molar-refractivity contribution in [1.82, 2.24) is 4.90 Å². The van der Waals surface area contributed by atoms with Gasteiger partial charge in [-0.05, 0) is 78.3 Å². The first-order valence-electron chi connectivity index (χ1n) is 18.3. The number of nitrogens with one attached hydrogen (secondary N) is 2. The van der Waals surface area contributed by atoms with E-state index < -0.39 is 6.29 Å². The van der Waals surface area contributed by atoms with Crippen LogP contribution in [0.4, 0.5) is 17.1 Å². The van der Waals surface area contributed by atoms with Crippen molar-refractivity contribution in [3.8, 4) is 0 Å². The monoisotopic (exact) mass is 682 g/mol. The fourth-order valence-electron chi connectivity index (χ4n) is 8.60. The normalized spacial score (nSPS) is 26.0. The number of likely N-dealkylation sites (tertiary alicyclic amines) is 1. The summed E-state index contributed by atoms with van der Waals surface area (Å²) in [6.45, 7) is 9.27. The second-order valence-corrected chi connectivity index (χ2v) is 15.9. The highest BCUT2D eigenvalue weighted by molar-refractivity contribution is 5.93. The maximum Gasteiger partial charge on any atom is 0.224 e. The van der Waals surface area contributed by atoms with Gasteiger partial charge >= 0.3 is 0 Å². The number of para-hydroxylation sites is 2. The lowest BCUT2D eigenvalue weighted by atomic mass is 9.65. The van der Waals surface area contributed by atoms with Gasteiger partial charge in [0, 0.05) is 49.6 Å². The molecule has 9 nitrogen and oxygen atoms in total. The molecule has 9 heteroatoms. The van der Waals surface area contributed by atoms with Crippen LogP contribution in [0.25, 0.3) is 0 Å². The van der Waals surface area contributed by atoms with E-state index in [-0.39, 0.29) is 30.6 Å². The number of aliphatic hydroxyl groups is 1. The Morgan fingerprint density at radius 2 is 1.54 bits per heavy atom. The first-order valence-corrected chi connectivity index (χ1v) is 18.3. The summed E-state index contributed by atoms with van der Waals surface area (Å²) in [5.41, 5.74) is 11.4. The van der Waals surface area contributed by atoms with E-state index in [1.54, 1.807) is 12.1 Å². The highest BCUT2D eigenvalue weighted by Gasteiger charge is 2.50. The number of anilines is 3. The van der Waals surface area contributed by atoms with Gasteiger partial charge in [-0.1, -0.05) is 75.7 Å². The number of nitrogens with zero attached hydrogens (tertiary/aromatic N) is 1. The van der Waals surface area contributed by atoms with Crippen molar-refractivity contribution in [1.29, 1.82) is 0 Å². The molecule has 268 valence electrons. The molecule has 3 aliphatic rings. The Morgan fingerprint density at radius 3 is 2.24 bits per heavy atom. The summed E-state index contributed by atoms with van der Waals surface area (Å²) in [7, 11) is 0. The van der Waals surface area contributed by atoms with Crippen LogP contribution in [0.15, 0.2) is 72.8 Å². The molecule has 5 N–H and O–H groups in total. The first kappa shape index (κ1) is 36.0. The molecular formula is C41H54N4O5. The molecule has 2 unspecified atom stereocenters. The Hall–Kier alpha value is -3.76. The minimum Gasteiger partial charge on any atom is -0.397 e. The predicted octanol–water partition coefficient (Wildman–Crippen LogP) is 7.73. The quantitative estimate of drug-likeness (QED) is 0.107. The minimum absolute atomic E-state index is 0.00394. The van der Waals surface area contributed by atoms with Crippen molar-refractivity contribution in [3.63, 3.8) is 0 Å². The summed E-state index contributed by atoms with van der Waals surface area (Å²) in [5, 5.41) is 15.4. The van der Waals surface area contributed by atoms with Crippen LogP contribution in [0.2, 0.25) is 0 Å². The average Bonchev–Trinajstić information content (AvgIpc) is 3.32. The van der Waals surface area contributed by atoms with Crippen molar-refractivity contribution in [2.75, 3.05) is 29.5 Å². The fourth-order valence-corrected chi connectivity index (χ4v) is 8.60. The molecule has 3 aromatic rings. The molecule has 6 rings (SSSR count). The summed E-state index contributed by atoms with van der Waals surface area (Å²) in [4.78, 5) is 27.6. The molecule has 3 fully saturated rings. The number of unbranched alkanes of at least 4 members (excludes halogenated alkanes) is 2. The Bertz CT molecular complexity index is 1610. The van der Waals surface area contributed by atoms with E-state index in [1.165, 1.54) is 19.3 Å². The van der Waals surface area contributed by atoms with Crippen molar-refractivity contribution < 1.29 is 24.2 Å². The molecule has 2 aliphatic heterocycles. The number of carbonyl (C=O) groups is 2. The van der Waals surface area contributed by atoms with Crippen LogP contribution < -0.4 is 16.4 Å². The number of nitrogen functional groups attached to an aromatic ring is 1. The van der Waals surface area contributed by atoms with Crippen molar-refractivity contribution in [2.24, 2.45) is 10.8 Å². The lowest BCUT2D eigenvalue weighted by Gasteiger charge is -2.41. The zero-order valence-electron chi connectivity index (χ0n) is 29.8. The molecule has 2 amide bonds. The molecular weight excluding hydrogens is 628 g/mol. The van der Waals surface area contributed by atoms with Gasteiger partial charge in [-0.15, -0.1) is 0 Å². The number of fused-ring (bicyclic) bond motifs is 2. The maximum atomic E-state index is 12.7. The van der Waals surface area contributed by atoms with Crippen LogP contribution in [0.1, 0.15) is 108 Å². The molecule has 3 aromatic carbocycles. The third-order valence-electron chi connectivity index (χ3n) is 10.6. The van der Waals surface area contributed by atoms with Gasteiger partial charge in [-0.25, -0.2) is 0 Å². The topological polar surface area (TPSA) is 126 Å². The van der Waals surface area contributed by atoms with Crippen LogP contribution in [-0.4, -0.2) is 47.1 Å². The smallest absolute Gasteiger partial charge is 0.224 e. The standard InChI is InChI=1S/C41H54N4O5/c1-40(2)22-32-23-41(3,26-40)27-45(32)24-33-21-36(29-15-13-28(25-46)14-16-29)50-39(49-33)30-17-19-31(20-18-30)43-37(47)11-5-4-6-12-38(48)44-35-10-8-7-9-34(35)42/h7-10,13-20,32-33,36,39,46H,4-6,11-12,21-27,42H2,1-3H3,(H,43,47)(H,44,48)/t32?,33-,36+,39+,41?/m0/s1. The van der Waals surface area contributed by atoms with Crippen molar-refractivity contribution >= 4 is 28.9 Å². The Labute approximate surface area is 296 Å². The molecule has 0 aromatic heterocycles. The second kappa shape index (κ2) is 15.6. The lowest BCUT2D eigenvalue weighted by molar-refractivity contribution is -0.253. The Kier molecular flexibility index (Phi) is 11.3. The van der Waals surface area contributed by atoms with Gasteiger partial charge in [0.05, 0.1) is 30.2 Å².